The van der Waals surface area contributed by atoms with Crippen molar-refractivity contribution in [1.29, 1.82) is 0 Å². The van der Waals surface area contributed by atoms with E-state index in [0.29, 0.717) is 49.0 Å². The molecule has 9 heteroatoms. The van der Waals surface area contributed by atoms with Gasteiger partial charge in [0.05, 0.1) is 23.8 Å². The number of rotatable bonds is 5. The van der Waals surface area contributed by atoms with E-state index in [1.54, 1.807) is 12.1 Å². The number of sulfonamides is 1. The summed E-state index contributed by atoms with van der Waals surface area (Å²) in [6.45, 7) is 5.14. The Labute approximate surface area is 157 Å². The van der Waals surface area contributed by atoms with Crippen LogP contribution in [0.4, 0.5) is 5.13 Å². The van der Waals surface area contributed by atoms with Gasteiger partial charge in [0.15, 0.2) is 5.13 Å². The molecule has 0 bridgehead atoms. The van der Waals surface area contributed by atoms with Crippen molar-refractivity contribution in [2.24, 2.45) is 0 Å². The third-order valence-electron chi connectivity index (χ3n) is 4.14. The Bertz CT molecular complexity index is 902. The molecule has 0 radical (unpaired) electrons. The van der Waals surface area contributed by atoms with Gasteiger partial charge in [0.2, 0.25) is 10.0 Å². The molecule has 1 aliphatic rings. The van der Waals surface area contributed by atoms with Crippen LogP contribution in [-0.4, -0.2) is 49.9 Å². The molecule has 2 aromatic rings. The van der Waals surface area contributed by atoms with Crippen LogP contribution in [0.3, 0.4) is 0 Å². The monoisotopic (exact) mass is 395 g/mol. The van der Waals surface area contributed by atoms with Crippen molar-refractivity contribution in [2.75, 3.05) is 31.6 Å². The summed E-state index contributed by atoms with van der Waals surface area (Å²) in [5, 5.41) is 5.04. The molecule has 1 aromatic heterocycles. The number of thiazole rings is 1. The van der Waals surface area contributed by atoms with Gasteiger partial charge in [-0.2, -0.15) is 4.31 Å². The van der Waals surface area contributed by atoms with Crippen molar-refractivity contribution < 1.29 is 17.9 Å². The first-order chi connectivity index (χ1) is 12.4. The van der Waals surface area contributed by atoms with Gasteiger partial charge in [-0.3, -0.25) is 10.1 Å². The maximum absolute atomic E-state index is 13.0. The number of benzene rings is 1. The molecular weight excluding hydrogens is 374 g/mol. The van der Waals surface area contributed by atoms with E-state index in [1.807, 2.05) is 19.2 Å². The molecule has 3 rings (SSSR count). The van der Waals surface area contributed by atoms with Crippen LogP contribution in [0.5, 0.6) is 0 Å². The predicted molar refractivity (Wildman–Crippen MR) is 100 cm³/mol. The molecule has 2 heterocycles. The molecule has 1 saturated heterocycles. The minimum absolute atomic E-state index is 0.185. The van der Waals surface area contributed by atoms with Gasteiger partial charge in [-0.25, -0.2) is 13.4 Å². The van der Waals surface area contributed by atoms with E-state index in [9.17, 15) is 13.2 Å². The maximum Gasteiger partial charge on any atom is 0.257 e. The highest BCUT2D eigenvalue weighted by molar-refractivity contribution is 7.89. The van der Waals surface area contributed by atoms with Crippen LogP contribution in [0.2, 0.25) is 0 Å². The number of carbonyl (C=O) groups is 1. The van der Waals surface area contributed by atoms with E-state index in [2.05, 4.69) is 10.3 Å². The lowest BCUT2D eigenvalue weighted by Gasteiger charge is -2.27. The third-order valence-corrected chi connectivity index (χ3v) is 6.99. The molecule has 0 unspecified atom stereocenters. The highest BCUT2D eigenvalue weighted by Gasteiger charge is 2.29. The Morgan fingerprint density at radius 1 is 1.35 bits per heavy atom. The number of aryl methyl sites for hydroxylation is 2. The molecule has 26 heavy (non-hydrogen) atoms. The fourth-order valence-corrected chi connectivity index (χ4v) is 5.15. The smallest absolute Gasteiger partial charge is 0.257 e. The molecule has 1 N–H and O–H groups in total. The molecule has 1 aromatic carbocycles. The summed E-state index contributed by atoms with van der Waals surface area (Å²) in [4.78, 5) is 16.9. The fraction of sp³-hybridized carbons (Fsp3) is 0.412. The number of hydrogen-bond acceptors (Lipinski definition) is 6. The summed E-state index contributed by atoms with van der Waals surface area (Å²) in [5.41, 5.74) is 1.81. The first kappa shape index (κ1) is 19.0. The van der Waals surface area contributed by atoms with Gasteiger partial charge in [0.1, 0.15) is 0 Å². The fourth-order valence-electron chi connectivity index (χ4n) is 2.73. The minimum Gasteiger partial charge on any atom is -0.379 e. The standard InChI is InChI=1S/C17H21N3O4S2/c1-3-13-4-5-14(16(21)19-17-18-12(2)11-25-17)10-15(13)26(22,23)20-6-8-24-9-7-20/h4-5,10-11H,3,6-9H2,1-2H3,(H,18,19,21). The van der Waals surface area contributed by atoms with Crippen molar-refractivity contribution >= 4 is 32.4 Å². The number of hydrogen-bond donors (Lipinski definition) is 1. The van der Waals surface area contributed by atoms with E-state index < -0.39 is 10.0 Å². The average molecular weight is 396 g/mol. The highest BCUT2D eigenvalue weighted by Crippen LogP contribution is 2.24. The summed E-state index contributed by atoms with van der Waals surface area (Å²) in [6, 6.07) is 4.81. The van der Waals surface area contributed by atoms with Crippen LogP contribution in [0.25, 0.3) is 0 Å². The van der Waals surface area contributed by atoms with Crippen LogP contribution in [0.15, 0.2) is 28.5 Å². The molecule has 0 atom stereocenters. The Morgan fingerprint density at radius 3 is 2.69 bits per heavy atom. The third kappa shape index (κ3) is 3.96. The van der Waals surface area contributed by atoms with Crippen molar-refractivity contribution in [3.05, 3.63) is 40.4 Å². The SMILES string of the molecule is CCc1ccc(C(=O)Nc2nc(C)cs2)cc1S(=O)(=O)N1CCOCC1. The van der Waals surface area contributed by atoms with Crippen molar-refractivity contribution in [3.63, 3.8) is 0 Å². The minimum atomic E-state index is -3.67. The topological polar surface area (TPSA) is 88.6 Å². The zero-order valence-electron chi connectivity index (χ0n) is 14.7. The molecule has 7 nitrogen and oxygen atoms in total. The van der Waals surface area contributed by atoms with Gasteiger partial charge in [-0.15, -0.1) is 11.3 Å². The van der Waals surface area contributed by atoms with Crippen molar-refractivity contribution in [2.45, 2.75) is 25.2 Å². The summed E-state index contributed by atoms with van der Waals surface area (Å²) in [5.74, 6) is -0.375. The van der Waals surface area contributed by atoms with Gasteiger partial charge in [-0.05, 0) is 31.0 Å². The quantitative estimate of drug-likeness (QED) is 0.839. The second-order valence-corrected chi connectivity index (χ2v) is 8.71. The number of aromatic nitrogens is 1. The molecule has 0 saturated carbocycles. The first-order valence-corrected chi connectivity index (χ1v) is 10.7. The van der Waals surface area contributed by atoms with Crippen LogP contribution >= 0.6 is 11.3 Å². The second-order valence-electron chi connectivity index (χ2n) is 5.94. The first-order valence-electron chi connectivity index (χ1n) is 8.36. The van der Waals surface area contributed by atoms with Gasteiger partial charge < -0.3 is 4.74 Å². The number of anilines is 1. The average Bonchev–Trinajstić information content (AvgIpc) is 3.06. The Balaban J connectivity index is 1.92. The largest absolute Gasteiger partial charge is 0.379 e. The van der Waals surface area contributed by atoms with Crippen LogP contribution < -0.4 is 5.32 Å². The zero-order chi connectivity index (χ0) is 18.7. The molecule has 1 fully saturated rings. The number of amides is 1. The summed E-state index contributed by atoms with van der Waals surface area (Å²) in [7, 11) is -3.67. The summed E-state index contributed by atoms with van der Waals surface area (Å²) < 4.78 is 32.7. The molecule has 1 amide bonds. The van der Waals surface area contributed by atoms with E-state index >= 15 is 0 Å². The summed E-state index contributed by atoms with van der Waals surface area (Å²) in [6.07, 6.45) is 0.562. The van der Waals surface area contributed by atoms with E-state index in [0.717, 1.165) is 5.69 Å². The van der Waals surface area contributed by atoms with E-state index in [4.69, 9.17) is 4.74 Å². The predicted octanol–water partition coefficient (Wildman–Crippen LogP) is 2.29. The molecule has 0 spiro atoms. The maximum atomic E-state index is 13.0. The Morgan fingerprint density at radius 2 is 2.08 bits per heavy atom. The lowest BCUT2D eigenvalue weighted by Crippen LogP contribution is -2.41. The molecular formula is C17H21N3O4S2. The van der Waals surface area contributed by atoms with Gasteiger partial charge in [0, 0.05) is 24.0 Å². The molecule has 0 aliphatic carbocycles. The van der Waals surface area contributed by atoms with Crippen LogP contribution in [0.1, 0.15) is 28.5 Å². The number of carbonyl (C=O) groups excluding carboxylic acids is 1. The van der Waals surface area contributed by atoms with Crippen LogP contribution in [-0.2, 0) is 21.2 Å². The number of morpholine rings is 1. The van der Waals surface area contributed by atoms with Gasteiger partial charge >= 0.3 is 0 Å². The van der Waals surface area contributed by atoms with Crippen LogP contribution in [0, 0.1) is 6.92 Å². The van der Waals surface area contributed by atoms with E-state index in [1.165, 1.54) is 21.7 Å². The Hall–Kier alpha value is -1.81. The summed E-state index contributed by atoms with van der Waals surface area (Å²) >= 11 is 1.33. The lowest BCUT2D eigenvalue weighted by atomic mass is 10.1. The second kappa shape index (κ2) is 7.83. The van der Waals surface area contributed by atoms with E-state index in [-0.39, 0.29) is 10.8 Å². The molecule has 140 valence electrons. The number of ether oxygens (including phenoxy) is 1. The molecule has 1 aliphatic heterocycles. The highest BCUT2D eigenvalue weighted by atomic mass is 32.2. The van der Waals surface area contributed by atoms with Crippen molar-refractivity contribution in [1.82, 2.24) is 9.29 Å². The Kier molecular flexibility index (Phi) is 5.71. The van der Waals surface area contributed by atoms with Gasteiger partial charge in [-0.1, -0.05) is 13.0 Å². The number of nitrogens with one attached hydrogen (secondary N) is 1. The van der Waals surface area contributed by atoms with Crippen molar-refractivity contribution in [3.8, 4) is 0 Å². The normalized spacial score (nSPS) is 15.8. The zero-order valence-corrected chi connectivity index (χ0v) is 16.3. The van der Waals surface area contributed by atoms with Gasteiger partial charge in [0.25, 0.3) is 5.91 Å². The number of nitrogens with zero attached hydrogens (tertiary/aromatic N) is 2. The lowest BCUT2D eigenvalue weighted by molar-refractivity contribution is 0.0730.